The molecule has 0 heterocycles. The molecule has 3 heteroatoms. The Kier molecular flexibility index (Phi) is 22.5. The predicted octanol–water partition coefficient (Wildman–Crippen LogP) is 7.47. The highest BCUT2D eigenvalue weighted by atomic mass is 16.5. The zero-order valence-electron chi connectivity index (χ0n) is 20.1. The van der Waals surface area contributed by atoms with Crippen molar-refractivity contribution in [3.05, 3.63) is 0 Å². The smallest absolute Gasteiger partial charge is 0.155 e. The highest BCUT2D eigenvalue weighted by Crippen LogP contribution is 2.18. The van der Waals surface area contributed by atoms with E-state index in [0.29, 0.717) is 0 Å². The molecule has 2 unspecified atom stereocenters. The molecule has 0 aliphatic heterocycles. The molecule has 0 aromatic heterocycles. The van der Waals surface area contributed by atoms with E-state index in [-0.39, 0.29) is 12.0 Å². The van der Waals surface area contributed by atoms with Crippen LogP contribution in [0, 0.1) is 5.92 Å². The minimum absolute atomic E-state index is 0.143. The molecule has 0 aliphatic carbocycles. The number of aliphatic hydroxyl groups excluding tert-OH is 1. The molecule has 2 atom stereocenters. The van der Waals surface area contributed by atoms with Crippen molar-refractivity contribution >= 4 is 0 Å². The van der Waals surface area contributed by atoms with Gasteiger partial charge in [0.2, 0.25) is 0 Å². The molecule has 0 saturated carbocycles. The Labute approximate surface area is 183 Å². The summed E-state index contributed by atoms with van der Waals surface area (Å²) in [6, 6.07) is -0.143. The maximum Gasteiger partial charge on any atom is 0.155 e. The standard InChI is InChI=1S/C26H55NO2/c1-3-4-5-6-7-8-9-10-11-12-13-14-15-16-17-18-19-20-21-22-23-25(24(2)27)26(28)29/h24-26,28-29H,3-23,27H2,1-2H3. The van der Waals surface area contributed by atoms with Crippen LogP contribution in [-0.2, 0) is 0 Å². The van der Waals surface area contributed by atoms with Crippen molar-refractivity contribution in [3.8, 4) is 0 Å². The van der Waals surface area contributed by atoms with Crippen molar-refractivity contribution in [2.75, 3.05) is 0 Å². The lowest BCUT2D eigenvalue weighted by Gasteiger charge is -2.22. The quantitative estimate of drug-likeness (QED) is 0.120. The summed E-state index contributed by atoms with van der Waals surface area (Å²) < 4.78 is 0. The lowest BCUT2D eigenvalue weighted by atomic mass is 9.94. The molecular formula is C26H55NO2. The average Bonchev–Trinajstić information content (AvgIpc) is 2.68. The largest absolute Gasteiger partial charge is 0.368 e. The van der Waals surface area contributed by atoms with Crippen LogP contribution in [0.3, 0.4) is 0 Å². The van der Waals surface area contributed by atoms with Crippen LogP contribution in [0.4, 0.5) is 0 Å². The van der Waals surface area contributed by atoms with Gasteiger partial charge in [-0.2, -0.15) is 0 Å². The first-order valence-electron chi connectivity index (χ1n) is 13.2. The average molecular weight is 414 g/mol. The Balaban J connectivity index is 3.15. The molecule has 0 aliphatic rings. The minimum Gasteiger partial charge on any atom is -0.368 e. The Morgan fingerprint density at radius 3 is 1.03 bits per heavy atom. The maximum atomic E-state index is 9.32. The Bertz CT molecular complexity index is 299. The fourth-order valence-electron chi connectivity index (χ4n) is 4.32. The molecule has 0 bridgehead atoms. The van der Waals surface area contributed by atoms with E-state index >= 15 is 0 Å². The van der Waals surface area contributed by atoms with Crippen LogP contribution in [0.5, 0.6) is 0 Å². The van der Waals surface area contributed by atoms with Crippen LogP contribution in [-0.4, -0.2) is 22.5 Å². The highest BCUT2D eigenvalue weighted by Gasteiger charge is 2.20. The zero-order chi connectivity index (χ0) is 21.6. The molecular weight excluding hydrogens is 358 g/mol. The summed E-state index contributed by atoms with van der Waals surface area (Å²) in [6.45, 7) is 4.15. The number of aliphatic hydroxyl groups is 2. The summed E-state index contributed by atoms with van der Waals surface area (Å²) in [6.07, 6.45) is 27.2. The Hall–Kier alpha value is -0.120. The van der Waals surface area contributed by atoms with Gasteiger partial charge in [-0.05, 0) is 13.3 Å². The van der Waals surface area contributed by atoms with Gasteiger partial charge in [-0.25, -0.2) is 0 Å². The van der Waals surface area contributed by atoms with Crippen molar-refractivity contribution in [1.82, 2.24) is 0 Å². The molecule has 176 valence electrons. The van der Waals surface area contributed by atoms with Crippen LogP contribution >= 0.6 is 0 Å². The minimum atomic E-state index is -1.27. The normalized spacial score (nSPS) is 13.9. The summed E-state index contributed by atoms with van der Waals surface area (Å²) in [5.41, 5.74) is 5.80. The van der Waals surface area contributed by atoms with E-state index in [1.807, 2.05) is 6.92 Å². The van der Waals surface area contributed by atoms with Crippen LogP contribution < -0.4 is 5.73 Å². The van der Waals surface area contributed by atoms with E-state index in [4.69, 9.17) is 5.73 Å². The van der Waals surface area contributed by atoms with Gasteiger partial charge >= 0.3 is 0 Å². The molecule has 29 heavy (non-hydrogen) atoms. The number of rotatable bonds is 23. The van der Waals surface area contributed by atoms with Crippen LogP contribution in [0.2, 0.25) is 0 Å². The van der Waals surface area contributed by atoms with Crippen LogP contribution in [0.15, 0.2) is 0 Å². The predicted molar refractivity (Wildman–Crippen MR) is 128 cm³/mol. The summed E-state index contributed by atoms with van der Waals surface area (Å²) in [5.74, 6) is -0.175. The van der Waals surface area contributed by atoms with Gasteiger partial charge in [-0.1, -0.05) is 135 Å². The first-order valence-corrected chi connectivity index (χ1v) is 13.2. The topological polar surface area (TPSA) is 66.5 Å². The van der Waals surface area contributed by atoms with Gasteiger partial charge in [0.25, 0.3) is 0 Å². The molecule has 0 fully saturated rings. The van der Waals surface area contributed by atoms with E-state index in [1.165, 1.54) is 122 Å². The summed E-state index contributed by atoms with van der Waals surface area (Å²) in [5, 5.41) is 18.6. The van der Waals surface area contributed by atoms with Gasteiger partial charge in [0.1, 0.15) is 0 Å². The Morgan fingerprint density at radius 1 is 0.517 bits per heavy atom. The second-order valence-corrected chi connectivity index (χ2v) is 9.44. The molecule has 4 N–H and O–H groups in total. The third-order valence-corrected chi connectivity index (χ3v) is 6.45. The van der Waals surface area contributed by atoms with Crippen molar-refractivity contribution < 1.29 is 10.2 Å². The van der Waals surface area contributed by atoms with E-state index in [2.05, 4.69) is 6.92 Å². The number of hydrogen-bond acceptors (Lipinski definition) is 3. The van der Waals surface area contributed by atoms with Gasteiger partial charge in [-0.3, -0.25) is 0 Å². The maximum absolute atomic E-state index is 9.32. The van der Waals surface area contributed by atoms with E-state index in [0.717, 1.165) is 12.8 Å². The van der Waals surface area contributed by atoms with Gasteiger partial charge in [-0.15, -0.1) is 0 Å². The first kappa shape index (κ1) is 28.9. The second kappa shape index (κ2) is 22.6. The van der Waals surface area contributed by atoms with Gasteiger partial charge in [0, 0.05) is 12.0 Å². The molecule has 0 spiro atoms. The van der Waals surface area contributed by atoms with Gasteiger partial charge in [0.15, 0.2) is 6.29 Å². The number of unbranched alkanes of at least 4 members (excludes halogenated alkanes) is 19. The third kappa shape index (κ3) is 20.9. The fraction of sp³-hybridized carbons (Fsp3) is 1.00. The molecule has 0 aromatic rings. The van der Waals surface area contributed by atoms with Crippen LogP contribution in [0.1, 0.15) is 149 Å². The molecule has 0 rings (SSSR count). The third-order valence-electron chi connectivity index (χ3n) is 6.45. The monoisotopic (exact) mass is 413 g/mol. The molecule has 3 nitrogen and oxygen atoms in total. The van der Waals surface area contributed by atoms with Gasteiger partial charge < -0.3 is 15.9 Å². The van der Waals surface area contributed by atoms with Crippen molar-refractivity contribution in [2.24, 2.45) is 11.7 Å². The van der Waals surface area contributed by atoms with E-state index < -0.39 is 6.29 Å². The summed E-state index contributed by atoms with van der Waals surface area (Å²) in [7, 11) is 0. The molecule has 0 radical (unpaired) electrons. The second-order valence-electron chi connectivity index (χ2n) is 9.44. The molecule has 0 saturated heterocycles. The first-order chi connectivity index (χ1) is 14.1. The number of hydrogen-bond donors (Lipinski definition) is 3. The van der Waals surface area contributed by atoms with E-state index in [1.54, 1.807) is 0 Å². The summed E-state index contributed by atoms with van der Waals surface area (Å²) in [4.78, 5) is 0. The number of nitrogens with two attached hydrogens (primary N) is 1. The SMILES string of the molecule is CCCCCCCCCCCCCCCCCCCCCCC(C(C)N)C(O)O. The zero-order valence-corrected chi connectivity index (χ0v) is 20.1. The molecule has 0 amide bonds. The van der Waals surface area contributed by atoms with Crippen molar-refractivity contribution in [1.29, 1.82) is 0 Å². The lowest BCUT2D eigenvalue weighted by Crippen LogP contribution is -2.35. The fourth-order valence-corrected chi connectivity index (χ4v) is 4.32. The highest BCUT2D eigenvalue weighted by molar-refractivity contribution is 4.70. The lowest BCUT2D eigenvalue weighted by molar-refractivity contribution is -0.0915. The van der Waals surface area contributed by atoms with Crippen LogP contribution in [0.25, 0.3) is 0 Å². The van der Waals surface area contributed by atoms with Crippen molar-refractivity contribution in [3.63, 3.8) is 0 Å². The summed E-state index contributed by atoms with van der Waals surface area (Å²) >= 11 is 0. The molecule has 0 aromatic carbocycles. The Morgan fingerprint density at radius 2 is 0.793 bits per heavy atom. The van der Waals surface area contributed by atoms with Crippen molar-refractivity contribution in [2.45, 2.75) is 161 Å². The van der Waals surface area contributed by atoms with E-state index in [9.17, 15) is 10.2 Å². The van der Waals surface area contributed by atoms with Gasteiger partial charge in [0.05, 0.1) is 0 Å².